The third-order valence-corrected chi connectivity index (χ3v) is 5.53. The van der Waals surface area contributed by atoms with Crippen molar-refractivity contribution in [2.45, 2.75) is 52.1 Å². The Labute approximate surface area is 175 Å². The number of halogens is 1. The van der Waals surface area contributed by atoms with Gasteiger partial charge >= 0.3 is 0 Å². The maximum Gasteiger partial charge on any atom is 0.247 e. The number of carbonyl (C=O) groups excluding carboxylic acids is 1. The molecular weight excluding hydrogens is 386 g/mol. The average Bonchev–Trinajstić information content (AvgIpc) is 3.43. The van der Waals surface area contributed by atoms with Crippen molar-refractivity contribution in [1.82, 2.24) is 15.1 Å². The molecule has 1 amide bonds. The summed E-state index contributed by atoms with van der Waals surface area (Å²) in [5, 5.41) is 8.93. The Kier molecular flexibility index (Phi) is 5.67. The second-order valence-electron chi connectivity index (χ2n) is 7.69. The van der Waals surface area contributed by atoms with Gasteiger partial charge in [-0.3, -0.25) is 4.79 Å². The van der Waals surface area contributed by atoms with Crippen LogP contribution in [0.2, 0.25) is 5.02 Å². The number of hydrogen-bond donors (Lipinski definition) is 0. The molecule has 150 valence electrons. The normalized spacial score (nSPS) is 13.5. The lowest BCUT2D eigenvalue weighted by atomic mass is 10.0. The molecular formula is C23H24ClN3O2. The Morgan fingerprint density at radius 1 is 1.14 bits per heavy atom. The maximum absolute atomic E-state index is 12.9. The summed E-state index contributed by atoms with van der Waals surface area (Å²) in [7, 11) is 0. The van der Waals surface area contributed by atoms with Crippen molar-refractivity contribution >= 4 is 17.5 Å². The van der Waals surface area contributed by atoms with E-state index < -0.39 is 0 Å². The zero-order valence-corrected chi connectivity index (χ0v) is 17.4. The topological polar surface area (TPSA) is 59.2 Å². The van der Waals surface area contributed by atoms with Crippen LogP contribution in [-0.4, -0.2) is 27.0 Å². The quantitative estimate of drug-likeness (QED) is 0.542. The first-order chi connectivity index (χ1) is 14.0. The van der Waals surface area contributed by atoms with Gasteiger partial charge in [-0.2, -0.15) is 0 Å². The summed E-state index contributed by atoms with van der Waals surface area (Å²) in [6.45, 7) is 4.54. The Balaban J connectivity index is 1.41. The van der Waals surface area contributed by atoms with Crippen LogP contribution in [0.15, 0.2) is 46.9 Å². The number of aromatic nitrogens is 2. The van der Waals surface area contributed by atoms with Gasteiger partial charge in [0.05, 0.1) is 6.54 Å². The molecule has 4 rings (SSSR count). The third kappa shape index (κ3) is 4.85. The number of aryl methyl sites for hydroxylation is 3. The molecule has 0 radical (unpaired) electrons. The number of hydrogen-bond acceptors (Lipinski definition) is 4. The molecule has 1 aliphatic carbocycles. The van der Waals surface area contributed by atoms with Crippen LogP contribution in [-0.2, 0) is 17.8 Å². The first-order valence-electron chi connectivity index (χ1n) is 9.93. The van der Waals surface area contributed by atoms with Gasteiger partial charge in [-0.1, -0.05) is 35.4 Å². The second kappa shape index (κ2) is 8.37. The molecule has 2 aromatic carbocycles. The minimum absolute atomic E-state index is 0.138. The molecule has 0 spiro atoms. The zero-order chi connectivity index (χ0) is 20.4. The predicted molar refractivity (Wildman–Crippen MR) is 113 cm³/mol. The van der Waals surface area contributed by atoms with Crippen molar-refractivity contribution in [2.75, 3.05) is 0 Å². The lowest BCUT2D eigenvalue weighted by Crippen LogP contribution is -2.33. The highest BCUT2D eigenvalue weighted by atomic mass is 35.5. The van der Waals surface area contributed by atoms with E-state index in [1.807, 2.05) is 17.0 Å². The van der Waals surface area contributed by atoms with Crippen molar-refractivity contribution in [3.05, 3.63) is 70.1 Å². The Hall–Kier alpha value is -2.66. The number of nitrogens with zero attached hydrogens (tertiary/aromatic N) is 3. The molecule has 1 saturated carbocycles. The molecule has 0 N–H and O–H groups in total. The molecule has 0 aliphatic heterocycles. The molecule has 0 saturated heterocycles. The van der Waals surface area contributed by atoms with E-state index in [4.69, 9.17) is 16.0 Å². The highest BCUT2D eigenvalue weighted by Gasteiger charge is 2.33. The van der Waals surface area contributed by atoms with E-state index in [0.29, 0.717) is 29.8 Å². The van der Waals surface area contributed by atoms with Gasteiger partial charge < -0.3 is 9.32 Å². The van der Waals surface area contributed by atoms with Crippen LogP contribution in [0.4, 0.5) is 0 Å². The van der Waals surface area contributed by atoms with Gasteiger partial charge in [-0.25, -0.2) is 0 Å². The molecule has 0 bridgehead atoms. The molecule has 1 heterocycles. The highest BCUT2D eigenvalue weighted by molar-refractivity contribution is 6.30. The van der Waals surface area contributed by atoms with E-state index in [-0.39, 0.29) is 11.9 Å². The van der Waals surface area contributed by atoms with E-state index in [2.05, 4.69) is 42.2 Å². The fraction of sp³-hybridized carbons (Fsp3) is 0.348. The number of benzene rings is 2. The molecule has 6 heteroatoms. The summed E-state index contributed by atoms with van der Waals surface area (Å²) >= 11 is 5.93. The molecule has 0 unspecified atom stereocenters. The SMILES string of the molecule is Cc1ccc(CCC(=O)N(Cc2nnc(-c3ccc(Cl)cc3)o2)C2CC2)c(C)c1. The summed E-state index contributed by atoms with van der Waals surface area (Å²) in [4.78, 5) is 14.8. The van der Waals surface area contributed by atoms with Gasteiger partial charge in [0.25, 0.3) is 0 Å². The molecule has 5 nitrogen and oxygen atoms in total. The van der Waals surface area contributed by atoms with Gasteiger partial charge in [-0.15, -0.1) is 10.2 Å². The first kappa shape index (κ1) is 19.6. The Morgan fingerprint density at radius 3 is 2.59 bits per heavy atom. The summed E-state index contributed by atoms with van der Waals surface area (Å²) in [5.41, 5.74) is 4.51. The lowest BCUT2D eigenvalue weighted by molar-refractivity contribution is -0.132. The second-order valence-corrected chi connectivity index (χ2v) is 8.13. The van der Waals surface area contributed by atoms with E-state index in [1.54, 1.807) is 12.1 Å². The smallest absolute Gasteiger partial charge is 0.247 e. The average molecular weight is 410 g/mol. The van der Waals surface area contributed by atoms with Crippen LogP contribution in [0.1, 0.15) is 41.8 Å². The summed E-state index contributed by atoms with van der Waals surface area (Å²) in [6, 6.07) is 13.9. The highest BCUT2D eigenvalue weighted by Crippen LogP contribution is 2.30. The summed E-state index contributed by atoms with van der Waals surface area (Å²) < 4.78 is 5.80. The van der Waals surface area contributed by atoms with Crippen molar-refractivity contribution in [1.29, 1.82) is 0 Å². The van der Waals surface area contributed by atoms with Crippen LogP contribution >= 0.6 is 11.6 Å². The summed E-state index contributed by atoms with van der Waals surface area (Å²) in [5.74, 6) is 1.04. The van der Waals surface area contributed by atoms with Crippen LogP contribution in [0, 0.1) is 13.8 Å². The molecule has 0 atom stereocenters. The van der Waals surface area contributed by atoms with Gasteiger partial charge in [0.2, 0.25) is 17.7 Å². The first-order valence-corrected chi connectivity index (χ1v) is 10.3. The fourth-order valence-corrected chi connectivity index (χ4v) is 3.62. The zero-order valence-electron chi connectivity index (χ0n) is 16.7. The molecule has 3 aromatic rings. The van der Waals surface area contributed by atoms with E-state index in [0.717, 1.165) is 24.8 Å². The van der Waals surface area contributed by atoms with Crippen molar-refractivity contribution in [2.24, 2.45) is 0 Å². The molecule has 29 heavy (non-hydrogen) atoms. The van der Waals surface area contributed by atoms with Crippen molar-refractivity contribution in [3.63, 3.8) is 0 Å². The van der Waals surface area contributed by atoms with E-state index in [1.165, 1.54) is 16.7 Å². The maximum atomic E-state index is 12.9. The largest absolute Gasteiger partial charge is 0.419 e. The Bertz CT molecular complexity index is 1010. The fourth-order valence-electron chi connectivity index (χ4n) is 3.49. The van der Waals surface area contributed by atoms with Crippen molar-refractivity contribution < 1.29 is 9.21 Å². The standard InChI is InChI=1S/C23H24ClN3O2/c1-15-3-4-17(16(2)13-15)7-12-22(28)27(20-10-11-20)14-21-25-26-23(29-21)18-5-8-19(24)9-6-18/h3-6,8-9,13,20H,7,10-12,14H2,1-2H3. The Morgan fingerprint density at radius 2 is 1.90 bits per heavy atom. The van der Waals surface area contributed by atoms with Gasteiger partial charge in [0, 0.05) is 23.0 Å². The van der Waals surface area contributed by atoms with Crippen LogP contribution < -0.4 is 0 Å². The van der Waals surface area contributed by atoms with Crippen molar-refractivity contribution in [3.8, 4) is 11.5 Å². The molecule has 1 aromatic heterocycles. The van der Waals surface area contributed by atoms with Gasteiger partial charge in [0.1, 0.15) is 0 Å². The minimum Gasteiger partial charge on any atom is -0.419 e. The van der Waals surface area contributed by atoms with Crippen LogP contribution in [0.25, 0.3) is 11.5 Å². The monoisotopic (exact) mass is 409 g/mol. The minimum atomic E-state index is 0.138. The molecule has 1 fully saturated rings. The van der Waals surface area contributed by atoms with Gasteiger partial charge in [-0.05, 0) is 68.5 Å². The van der Waals surface area contributed by atoms with Crippen LogP contribution in [0.5, 0.6) is 0 Å². The molecule has 1 aliphatic rings. The predicted octanol–water partition coefficient (Wildman–Crippen LogP) is 5.13. The number of carbonyl (C=O) groups is 1. The number of amides is 1. The van der Waals surface area contributed by atoms with E-state index >= 15 is 0 Å². The van der Waals surface area contributed by atoms with E-state index in [9.17, 15) is 4.79 Å². The van der Waals surface area contributed by atoms with Crippen LogP contribution in [0.3, 0.4) is 0 Å². The summed E-state index contributed by atoms with van der Waals surface area (Å²) in [6.07, 6.45) is 3.30. The lowest BCUT2D eigenvalue weighted by Gasteiger charge is -2.20. The van der Waals surface area contributed by atoms with Gasteiger partial charge in [0.15, 0.2) is 0 Å². The number of rotatable bonds is 7. The third-order valence-electron chi connectivity index (χ3n) is 5.28.